The smallest absolute Gasteiger partial charge is 0.302 e. The molecule has 2 rings (SSSR count). The van der Waals surface area contributed by atoms with Crippen LogP contribution < -0.4 is 4.90 Å². The van der Waals surface area contributed by atoms with Crippen molar-refractivity contribution in [1.29, 1.82) is 0 Å². The molecular formula is C16H17Cl2F3N2O2. The summed E-state index contributed by atoms with van der Waals surface area (Å²) in [5.41, 5.74) is -0.609. The molecule has 1 heterocycles. The number of hydrogen-bond donors (Lipinski definition) is 0. The number of benzene rings is 1. The second-order valence-corrected chi connectivity index (χ2v) is 7.83. The molecular weight excluding hydrogens is 386 g/mol. The van der Waals surface area contributed by atoms with Crippen molar-refractivity contribution in [3.8, 4) is 0 Å². The van der Waals surface area contributed by atoms with Crippen molar-refractivity contribution in [2.75, 3.05) is 4.90 Å². The minimum Gasteiger partial charge on any atom is -0.302 e. The molecule has 0 bridgehead atoms. The maximum Gasteiger partial charge on any atom is 0.471 e. The number of hydrogen-bond acceptors (Lipinski definition) is 2. The number of halogens is 5. The number of alkyl halides is 3. The number of anilines is 1. The molecule has 2 amide bonds. The zero-order chi connectivity index (χ0) is 19.3. The molecule has 2 atom stereocenters. The fourth-order valence-corrected chi connectivity index (χ4v) is 3.48. The highest BCUT2D eigenvalue weighted by Crippen LogP contribution is 2.41. The van der Waals surface area contributed by atoms with Crippen LogP contribution in [0.25, 0.3) is 0 Å². The first-order chi connectivity index (χ1) is 11.2. The first kappa shape index (κ1) is 19.8. The summed E-state index contributed by atoms with van der Waals surface area (Å²) < 4.78 is 39.2. The molecule has 4 nitrogen and oxygen atoms in total. The quantitative estimate of drug-likeness (QED) is 0.694. The molecule has 9 heteroatoms. The number of amides is 2. The molecule has 0 unspecified atom stereocenters. The van der Waals surface area contributed by atoms with E-state index >= 15 is 0 Å². The molecule has 0 saturated carbocycles. The Kier molecular flexibility index (Phi) is 5.05. The van der Waals surface area contributed by atoms with E-state index in [0.717, 1.165) is 4.90 Å². The molecule has 0 radical (unpaired) electrons. The zero-order valence-corrected chi connectivity index (χ0v) is 15.5. The molecule has 138 valence electrons. The predicted octanol–water partition coefficient (Wildman–Crippen LogP) is 4.49. The first-order valence-corrected chi connectivity index (χ1v) is 8.19. The molecule has 1 aliphatic rings. The van der Waals surface area contributed by atoms with Crippen LogP contribution in [0.15, 0.2) is 18.2 Å². The minimum atomic E-state index is -5.08. The Morgan fingerprint density at radius 3 is 1.96 bits per heavy atom. The summed E-state index contributed by atoms with van der Waals surface area (Å²) in [5.74, 6) is -2.68. The minimum absolute atomic E-state index is 0.233. The maximum absolute atomic E-state index is 13.1. The van der Waals surface area contributed by atoms with Crippen molar-refractivity contribution < 1.29 is 22.8 Å². The standard InChI is InChI=1S/C16H17Cl2F3N2O2/c1-8-12(24)23(11-6-9(17)5-10(18)7-11)13(15(2,3)4)22(8)14(25)16(19,20)21/h5-8,13H,1-4H3/t8-,13+/m1/s1/i5+1,6+1,7+1,9+1,10+1,11+1. The Morgan fingerprint density at radius 2 is 1.56 bits per heavy atom. The average molecular weight is 403 g/mol. The molecule has 0 spiro atoms. The predicted molar refractivity (Wildman–Crippen MR) is 89.6 cm³/mol. The fraction of sp³-hybridized carbons (Fsp3) is 0.500. The molecule has 1 aromatic carbocycles. The molecule has 1 aromatic rings. The summed E-state index contributed by atoms with van der Waals surface area (Å²) in [6.07, 6.45) is -6.22. The van der Waals surface area contributed by atoms with Crippen LogP contribution in [0.5, 0.6) is 0 Å². The molecule has 1 aliphatic heterocycles. The SMILES string of the molecule is C[C@@H]1C(=O)N([13c]2[13cH][13c](Cl)[13cH][13c](Cl)[13cH]2)[C@@H](C(C)(C)C)N1C(=O)C(F)(F)F. The molecule has 1 fully saturated rings. The van der Waals surface area contributed by atoms with E-state index in [9.17, 15) is 22.8 Å². The molecule has 0 N–H and O–H groups in total. The Morgan fingerprint density at radius 1 is 1.08 bits per heavy atom. The van der Waals surface area contributed by atoms with Crippen molar-refractivity contribution in [2.24, 2.45) is 5.41 Å². The summed E-state index contributed by atoms with van der Waals surface area (Å²) >= 11 is 11.9. The van der Waals surface area contributed by atoms with Gasteiger partial charge in [0.25, 0.3) is 5.91 Å². The van der Waals surface area contributed by atoms with Crippen LogP contribution in [0.1, 0.15) is 27.7 Å². The zero-order valence-electron chi connectivity index (χ0n) is 14.0. The van der Waals surface area contributed by atoms with Gasteiger partial charge in [-0.15, -0.1) is 0 Å². The highest BCUT2D eigenvalue weighted by molar-refractivity contribution is 6.35. The van der Waals surface area contributed by atoms with Gasteiger partial charge in [0.15, 0.2) is 0 Å². The van der Waals surface area contributed by atoms with Gasteiger partial charge in [-0.2, -0.15) is 13.2 Å². The molecule has 25 heavy (non-hydrogen) atoms. The molecule has 0 aliphatic carbocycles. The van der Waals surface area contributed by atoms with E-state index in [4.69, 9.17) is 23.2 Å². The van der Waals surface area contributed by atoms with Gasteiger partial charge in [0.05, 0.1) is 0 Å². The van der Waals surface area contributed by atoms with Gasteiger partial charge in [0, 0.05) is 21.1 Å². The topological polar surface area (TPSA) is 40.6 Å². The second-order valence-electron chi connectivity index (χ2n) is 6.96. The largest absolute Gasteiger partial charge is 0.471 e. The van der Waals surface area contributed by atoms with Gasteiger partial charge in [-0.25, -0.2) is 0 Å². The van der Waals surface area contributed by atoms with Crippen molar-refractivity contribution in [1.82, 2.24) is 4.90 Å². The van der Waals surface area contributed by atoms with Gasteiger partial charge in [0.1, 0.15) is 12.2 Å². The van der Waals surface area contributed by atoms with Crippen molar-refractivity contribution in [3.63, 3.8) is 0 Å². The number of carbonyl (C=O) groups excluding carboxylic acids is 2. The van der Waals surface area contributed by atoms with Gasteiger partial charge in [-0.3, -0.25) is 14.5 Å². The summed E-state index contributed by atoms with van der Waals surface area (Å²) in [4.78, 5) is 26.4. The van der Waals surface area contributed by atoms with Crippen LogP contribution in [0.3, 0.4) is 0 Å². The third-order valence-corrected chi connectivity index (χ3v) is 4.33. The van der Waals surface area contributed by atoms with Crippen LogP contribution >= 0.6 is 23.2 Å². The van der Waals surface area contributed by atoms with E-state index in [2.05, 4.69) is 0 Å². The number of rotatable bonds is 1. The second kappa shape index (κ2) is 6.36. The van der Waals surface area contributed by atoms with E-state index < -0.39 is 35.6 Å². The fourth-order valence-electron chi connectivity index (χ4n) is 2.96. The molecule has 1 saturated heterocycles. The van der Waals surface area contributed by atoms with Gasteiger partial charge >= 0.3 is 12.1 Å². The van der Waals surface area contributed by atoms with E-state index in [1.807, 2.05) is 0 Å². The lowest BCUT2D eigenvalue weighted by Crippen LogP contribution is -2.55. The van der Waals surface area contributed by atoms with Crippen LogP contribution in [0.2, 0.25) is 10.0 Å². The third kappa shape index (κ3) is 3.72. The van der Waals surface area contributed by atoms with E-state index in [1.165, 1.54) is 25.1 Å². The Bertz CT molecular complexity index is 696. The van der Waals surface area contributed by atoms with Crippen molar-refractivity contribution >= 4 is 40.7 Å². The maximum atomic E-state index is 13.1. The van der Waals surface area contributed by atoms with Gasteiger partial charge in [-0.1, -0.05) is 44.0 Å². The normalized spacial score (nSPS) is 21.9. The Labute approximate surface area is 153 Å². The lowest BCUT2D eigenvalue weighted by molar-refractivity contribution is -0.190. The van der Waals surface area contributed by atoms with Crippen LogP contribution in [-0.4, -0.2) is 35.1 Å². The first-order valence-electron chi connectivity index (χ1n) is 7.44. The Balaban J connectivity index is 2.63. The van der Waals surface area contributed by atoms with Crippen LogP contribution in [0, 0.1) is 5.41 Å². The third-order valence-electron chi connectivity index (χ3n) is 3.90. The van der Waals surface area contributed by atoms with Gasteiger partial charge < -0.3 is 4.90 Å². The summed E-state index contributed by atoms with van der Waals surface area (Å²) in [5, 5.41) is 0.465. The van der Waals surface area contributed by atoms with Crippen LogP contribution in [0.4, 0.5) is 18.9 Å². The van der Waals surface area contributed by atoms with E-state index in [-0.39, 0.29) is 15.7 Å². The summed E-state index contributed by atoms with van der Waals surface area (Å²) in [6.45, 7) is 6.23. The number of carbonyl (C=O) groups is 2. The van der Waals surface area contributed by atoms with E-state index in [0.29, 0.717) is 4.90 Å². The van der Waals surface area contributed by atoms with E-state index in [1.54, 1.807) is 20.8 Å². The lowest BCUT2D eigenvalue weighted by Gasteiger charge is -2.40. The Hall–Kier alpha value is -1.47. The monoisotopic (exact) mass is 402 g/mol. The summed E-state index contributed by atoms with van der Waals surface area (Å²) in [6, 6.07) is 3.04. The summed E-state index contributed by atoms with van der Waals surface area (Å²) in [7, 11) is 0. The van der Waals surface area contributed by atoms with Crippen molar-refractivity contribution in [3.05, 3.63) is 28.2 Å². The highest BCUT2D eigenvalue weighted by Gasteiger charge is 2.57. The van der Waals surface area contributed by atoms with Crippen LogP contribution in [-0.2, 0) is 9.59 Å². The highest BCUT2D eigenvalue weighted by atomic mass is 35.5. The lowest BCUT2D eigenvalue weighted by atomic mass is 9.91. The van der Waals surface area contributed by atoms with Gasteiger partial charge in [-0.05, 0) is 25.1 Å². The molecule has 0 aromatic heterocycles. The van der Waals surface area contributed by atoms with Crippen molar-refractivity contribution in [2.45, 2.75) is 46.1 Å². The average Bonchev–Trinajstić information content (AvgIpc) is 2.68. The van der Waals surface area contributed by atoms with Gasteiger partial charge in [0.2, 0.25) is 0 Å². The number of nitrogens with zero attached hydrogens (tertiary/aromatic N) is 2.